The number of hydrogen-bond acceptors (Lipinski definition) is 6. The number of benzene rings is 2. The molecule has 0 aliphatic carbocycles. The minimum absolute atomic E-state index is 0.484. The first-order chi connectivity index (χ1) is 15.2. The van der Waals surface area contributed by atoms with E-state index >= 15 is 0 Å². The van der Waals surface area contributed by atoms with Gasteiger partial charge in [-0.15, -0.1) is 0 Å². The molecule has 0 unspecified atom stereocenters. The van der Waals surface area contributed by atoms with E-state index in [1.54, 1.807) is 23.9 Å². The van der Waals surface area contributed by atoms with E-state index in [1.807, 2.05) is 37.3 Å². The zero-order valence-corrected chi connectivity index (χ0v) is 21.3. The van der Waals surface area contributed by atoms with E-state index in [2.05, 4.69) is 17.9 Å². The Morgan fingerprint density at radius 2 is 1.88 bits per heavy atom. The molecular formula is C22H20Cl2N2O3S3. The average molecular weight is 528 g/mol. The third-order valence-electron chi connectivity index (χ3n) is 5.01. The molecule has 3 aromatic rings. The van der Waals surface area contributed by atoms with Gasteiger partial charge in [-0.1, -0.05) is 53.2 Å². The van der Waals surface area contributed by atoms with Gasteiger partial charge in [-0.3, -0.25) is 0 Å². The monoisotopic (exact) mass is 526 g/mol. The summed E-state index contributed by atoms with van der Waals surface area (Å²) in [6.07, 6.45) is 4.79. The maximum absolute atomic E-state index is 11.6. The molecule has 5 nitrogen and oxygen atoms in total. The van der Waals surface area contributed by atoms with E-state index in [0.717, 1.165) is 38.9 Å². The van der Waals surface area contributed by atoms with Crippen molar-refractivity contribution in [3.63, 3.8) is 0 Å². The second kappa shape index (κ2) is 9.37. The molecule has 32 heavy (non-hydrogen) atoms. The summed E-state index contributed by atoms with van der Waals surface area (Å²) in [7, 11) is -4.48. The molecular weight excluding hydrogens is 507 g/mol. The summed E-state index contributed by atoms with van der Waals surface area (Å²) in [4.78, 5) is 3.35. The van der Waals surface area contributed by atoms with E-state index in [9.17, 15) is 13.0 Å². The van der Waals surface area contributed by atoms with Crippen LogP contribution < -0.4 is 9.47 Å². The first-order valence-corrected chi connectivity index (χ1v) is 13.9. The molecule has 2 heterocycles. The van der Waals surface area contributed by atoms with Crippen molar-refractivity contribution in [2.45, 2.75) is 31.0 Å². The van der Waals surface area contributed by atoms with E-state index in [0.29, 0.717) is 20.6 Å². The fourth-order valence-corrected chi connectivity index (χ4v) is 6.85. The molecule has 0 atom stereocenters. The van der Waals surface area contributed by atoms with E-state index in [1.165, 1.54) is 15.9 Å². The van der Waals surface area contributed by atoms with Gasteiger partial charge in [-0.25, -0.2) is 8.42 Å². The molecule has 0 spiro atoms. The Labute approximate surface area is 205 Å². The number of rotatable bonds is 6. The van der Waals surface area contributed by atoms with Crippen LogP contribution in [0.1, 0.15) is 25.3 Å². The van der Waals surface area contributed by atoms with Crippen LogP contribution in [0.25, 0.3) is 16.3 Å². The lowest BCUT2D eigenvalue weighted by atomic mass is 10.2. The smallest absolute Gasteiger partial charge is 0.263 e. The van der Waals surface area contributed by atoms with Gasteiger partial charge in [0, 0.05) is 33.6 Å². The zero-order chi connectivity index (χ0) is 23.0. The Hall–Kier alpha value is -1.55. The summed E-state index contributed by atoms with van der Waals surface area (Å²) < 4.78 is 37.2. The molecule has 0 fully saturated rings. The first-order valence-electron chi connectivity index (χ1n) is 9.91. The van der Waals surface area contributed by atoms with Crippen molar-refractivity contribution < 1.29 is 17.5 Å². The van der Waals surface area contributed by atoms with Crippen LogP contribution in [0.2, 0.25) is 10.0 Å². The topological polar surface area (TPSA) is 64.3 Å². The number of fused-ring (bicyclic) bond motifs is 2. The number of hydrogen-bond donors (Lipinski definition) is 0. The number of nitrogens with zero attached hydrogens (tertiary/aromatic N) is 2. The molecule has 1 aliphatic rings. The molecule has 4 rings (SSSR count). The minimum atomic E-state index is -4.48. The predicted molar refractivity (Wildman–Crippen MR) is 133 cm³/mol. The Kier molecular flexibility index (Phi) is 6.91. The molecule has 0 saturated carbocycles. The normalized spacial score (nSPS) is 15.7. The first kappa shape index (κ1) is 23.6. The summed E-state index contributed by atoms with van der Waals surface area (Å²) in [5.74, 6) is -0.646. The quantitative estimate of drug-likeness (QED) is 0.280. The summed E-state index contributed by atoms with van der Waals surface area (Å²) in [5, 5.41) is 2.93. The number of allylic oxidation sites excluding steroid dienone is 2. The van der Waals surface area contributed by atoms with E-state index < -0.39 is 16.0 Å². The van der Waals surface area contributed by atoms with Gasteiger partial charge in [0.25, 0.3) is 5.01 Å². The van der Waals surface area contributed by atoms with Crippen LogP contribution in [-0.4, -0.2) is 19.5 Å². The molecule has 0 N–H and O–H groups in total. The van der Waals surface area contributed by atoms with Crippen molar-refractivity contribution in [2.75, 3.05) is 11.4 Å². The fourth-order valence-electron chi connectivity index (χ4n) is 3.54. The number of thiazole rings is 1. The molecule has 2 aromatic carbocycles. The predicted octanol–water partition coefficient (Wildman–Crippen LogP) is 6.27. The van der Waals surface area contributed by atoms with Crippen molar-refractivity contribution in [3.05, 3.63) is 68.1 Å². The highest BCUT2D eigenvalue weighted by molar-refractivity contribution is 8.03. The Balaban J connectivity index is 1.79. The molecule has 0 amide bonds. The van der Waals surface area contributed by atoms with Crippen molar-refractivity contribution in [1.29, 1.82) is 0 Å². The molecule has 0 radical (unpaired) electrons. The molecule has 10 heteroatoms. The number of aromatic nitrogens is 1. The lowest BCUT2D eigenvalue weighted by Crippen LogP contribution is -2.39. The van der Waals surface area contributed by atoms with Gasteiger partial charge in [0.2, 0.25) is 11.4 Å². The summed E-state index contributed by atoms with van der Waals surface area (Å²) in [6, 6.07) is 11.1. The summed E-state index contributed by atoms with van der Waals surface area (Å²) >= 11 is 15.4. The van der Waals surface area contributed by atoms with Crippen LogP contribution in [-0.2, 0) is 16.0 Å². The third-order valence-corrected chi connectivity index (χ3v) is 8.28. The number of halogens is 2. The van der Waals surface area contributed by atoms with Crippen LogP contribution in [0, 0.1) is 0 Å². The molecule has 1 aromatic heterocycles. The lowest BCUT2D eigenvalue weighted by molar-refractivity contribution is -0.649. The molecule has 168 valence electrons. The van der Waals surface area contributed by atoms with Crippen LogP contribution in [0.4, 0.5) is 5.69 Å². The van der Waals surface area contributed by atoms with Gasteiger partial charge < -0.3 is 9.45 Å². The Bertz CT molecular complexity index is 1360. The van der Waals surface area contributed by atoms with Crippen molar-refractivity contribution in [1.82, 2.24) is 0 Å². The van der Waals surface area contributed by atoms with Crippen molar-refractivity contribution >= 4 is 78.4 Å². The Morgan fingerprint density at radius 3 is 2.56 bits per heavy atom. The lowest BCUT2D eigenvalue weighted by Gasteiger charge is -2.18. The van der Waals surface area contributed by atoms with Crippen LogP contribution in [0.5, 0.6) is 0 Å². The zero-order valence-electron chi connectivity index (χ0n) is 17.3. The standard InChI is InChI=1S/C22H20Cl2N2O3S3/c1-3-14(9-21-25(4-2)17-11-15(23)5-7-19(17)30-21)10-22-26(13-32(27,28)29)18-12-16(24)6-8-20(18)31-22/h5-12H,3-4,13H2,1-2H3. The maximum atomic E-state index is 11.6. The SMILES string of the molecule is CCC(=Cc1sc2ccc(Cl)cc2[n+]1CS(=O)(=O)[O-])C=C1Sc2ccc(Cl)cc2N1CC. The van der Waals surface area contributed by atoms with Crippen LogP contribution >= 0.6 is 46.3 Å². The van der Waals surface area contributed by atoms with E-state index in [-0.39, 0.29) is 0 Å². The third kappa shape index (κ3) is 5.00. The van der Waals surface area contributed by atoms with Crippen molar-refractivity contribution in [3.8, 4) is 0 Å². The number of anilines is 1. The second-order valence-corrected chi connectivity index (χ2v) is 11.6. The Morgan fingerprint density at radius 1 is 1.16 bits per heavy atom. The van der Waals surface area contributed by atoms with Gasteiger partial charge in [0.1, 0.15) is 4.70 Å². The van der Waals surface area contributed by atoms with Gasteiger partial charge in [0.05, 0.1) is 10.7 Å². The fraction of sp³-hybridized carbons (Fsp3) is 0.227. The largest absolute Gasteiger partial charge is 0.743 e. The van der Waals surface area contributed by atoms with Crippen LogP contribution in [0.15, 0.2) is 58.0 Å². The highest BCUT2D eigenvalue weighted by Crippen LogP contribution is 2.47. The van der Waals surface area contributed by atoms with Crippen LogP contribution in [0.3, 0.4) is 0 Å². The molecule has 1 aliphatic heterocycles. The highest BCUT2D eigenvalue weighted by Gasteiger charge is 2.25. The molecule has 0 saturated heterocycles. The summed E-state index contributed by atoms with van der Waals surface area (Å²) in [5.41, 5.74) is 2.72. The van der Waals surface area contributed by atoms with E-state index in [4.69, 9.17) is 23.2 Å². The minimum Gasteiger partial charge on any atom is -0.743 e. The second-order valence-electron chi connectivity index (χ2n) is 7.18. The summed E-state index contributed by atoms with van der Waals surface area (Å²) in [6.45, 7) is 4.92. The van der Waals surface area contributed by atoms with Gasteiger partial charge in [-0.05, 0) is 55.3 Å². The van der Waals surface area contributed by atoms with Gasteiger partial charge >= 0.3 is 0 Å². The number of thioether (sulfide) groups is 1. The van der Waals surface area contributed by atoms with Gasteiger partial charge in [0.15, 0.2) is 10.1 Å². The molecule has 0 bridgehead atoms. The van der Waals surface area contributed by atoms with Gasteiger partial charge in [-0.2, -0.15) is 4.57 Å². The maximum Gasteiger partial charge on any atom is 0.263 e. The highest BCUT2D eigenvalue weighted by atomic mass is 35.5. The average Bonchev–Trinajstić information content (AvgIpc) is 3.23. The van der Waals surface area contributed by atoms with Crippen molar-refractivity contribution in [2.24, 2.45) is 0 Å².